The van der Waals surface area contributed by atoms with E-state index in [-0.39, 0.29) is 24.1 Å². The highest BCUT2D eigenvalue weighted by atomic mass is 32.1. The SMILES string of the molecule is CC(C)(C)[C@H]1OCC[C@H]1CNC(=O)NC[C@](C)(O)c1cccs1. The first kappa shape index (κ1) is 18.2. The van der Waals surface area contributed by atoms with Gasteiger partial charge in [-0.25, -0.2) is 4.79 Å². The molecule has 1 aromatic heterocycles. The van der Waals surface area contributed by atoms with Crippen LogP contribution in [-0.4, -0.2) is 36.9 Å². The molecule has 0 unspecified atom stereocenters. The highest BCUT2D eigenvalue weighted by molar-refractivity contribution is 7.10. The van der Waals surface area contributed by atoms with Gasteiger partial charge in [0.1, 0.15) is 5.60 Å². The van der Waals surface area contributed by atoms with Gasteiger partial charge in [-0.1, -0.05) is 26.8 Å². The first-order valence-corrected chi connectivity index (χ1v) is 8.98. The molecule has 0 aliphatic carbocycles. The maximum atomic E-state index is 12.0. The number of amides is 2. The molecule has 2 heterocycles. The predicted molar refractivity (Wildman–Crippen MR) is 92.6 cm³/mol. The van der Waals surface area contributed by atoms with Gasteiger partial charge in [-0.2, -0.15) is 0 Å². The minimum Gasteiger partial charge on any atom is -0.383 e. The summed E-state index contributed by atoms with van der Waals surface area (Å²) in [5.41, 5.74) is -0.974. The molecule has 6 heteroatoms. The largest absolute Gasteiger partial charge is 0.383 e. The summed E-state index contributed by atoms with van der Waals surface area (Å²) in [7, 11) is 0. The molecule has 1 aliphatic heterocycles. The van der Waals surface area contributed by atoms with E-state index in [1.807, 2.05) is 17.5 Å². The molecular formula is C17H28N2O3S. The lowest BCUT2D eigenvalue weighted by atomic mass is 9.81. The molecule has 1 saturated heterocycles. The fraction of sp³-hybridized carbons (Fsp3) is 0.706. The van der Waals surface area contributed by atoms with Crippen molar-refractivity contribution in [3.05, 3.63) is 22.4 Å². The minimum atomic E-state index is -1.05. The van der Waals surface area contributed by atoms with E-state index in [4.69, 9.17) is 4.74 Å². The number of carbonyl (C=O) groups is 1. The van der Waals surface area contributed by atoms with E-state index < -0.39 is 5.60 Å². The molecule has 0 spiro atoms. The van der Waals surface area contributed by atoms with Crippen LogP contribution in [0.5, 0.6) is 0 Å². The van der Waals surface area contributed by atoms with Gasteiger partial charge < -0.3 is 20.5 Å². The van der Waals surface area contributed by atoms with Crippen LogP contribution >= 0.6 is 11.3 Å². The number of thiophene rings is 1. The molecule has 2 rings (SSSR count). The Morgan fingerprint density at radius 1 is 1.39 bits per heavy atom. The fourth-order valence-corrected chi connectivity index (χ4v) is 3.80. The second kappa shape index (κ2) is 7.20. The summed E-state index contributed by atoms with van der Waals surface area (Å²) in [6.45, 7) is 9.72. The first-order chi connectivity index (χ1) is 10.7. The Morgan fingerprint density at radius 2 is 2.13 bits per heavy atom. The van der Waals surface area contributed by atoms with Crippen LogP contribution in [0.15, 0.2) is 17.5 Å². The van der Waals surface area contributed by atoms with Crippen molar-refractivity contribution < 1.29 is 14.6 Å². The van der Waals surface area contributed by atoms with Crippen LogP contribution in [0.1, 0.15) is 39.0 Å². The van der Waals surface area contributed by atoms with Crippen LogP contribution in [0.25, 0.3) is 0 Å². The molecule has 0 bridgehead atoms. The highest BCUT2D eigenvalue weighted by Crippen LogP contribution is 2.34. The molecule has 0 aromatic carbocycles. The van der Waals surface area contributed by atoms with Gasteiger partial charge in [0.05, 0.1) is 12.6 Å². The molecule has 23 heavy (non-hydrogen) atoms. The van der Waals surface area contributed by atoms with E-state index in [9.17, 15) is 9.90 Å². The van der Waals surface area contributed by atoms with E-state index in [0.29, 0.717) is 12.5 Å². The summed E-state index contributed by atoms with van der Waals surface area (Å²) in [5, 5.41) is 18.0. The molecule has 1 aliphatic rings. The summed E-state index contributed by atoms with van der Waals surface area (Å²) in [6.07, 6.45) is 1.13. The average molecular weight is 340 g/mol. The van der Waals surface area contributed by atoms with Gasteiger partial charge in [-0.05, 0) is 30.2 Å². The highest BCUT2D eigenvalue weighted by Gasteiger charge is 2.37. The van der Waals surface area contributed by atoms with Crippen molar-refractivity contribution >= 4 is 17.4 Å². The Morgan fingerprint density at radius 3 is 2.74 bits per heavy atom. The molecule has 1 fully saturated rings. The third-order valence-electron chi connectivity index (χ3n) is 4.24. The molecule has 5 nitrogen and oxygen atoms in total. The van der Waals surface area contributed by atoms with Crippen LogP contribution in [0.2, 0.25) is 0 Å². The van der Waals surface area contributed by atoms with Gasteiger partial charge in [-0.15, -0.1) is 11.3 Å². The van der Waals surface area contributed by atoms with Crippen molar-refractivity contribution in [3.8, 4) is 0 Å². The second-order valence-electron chi connectivity index (χ2n) is 7.52. The minimum absolute atomic E-state index is 0.0716. The molecular weight excluding hydrogens is 312 g/mol. The average Bonchev–Trinajstić information content (AvgIpc) is 3.12. The molecule has 0 radical (unpaired) electrons. The number of hydrogen-bond acceptors (Lipinski definition) is 4. The Bertz CT molecular complexity index is 508. The standard InChI is InChI=1S/C17H28N2O3S/c1-16(2,3)14-12(7-8-22-14)10-18-15(20)19-11-17(4,21)13-6-5-9-23-13/h5-6,9,12,14,21H,7-8,10-11H2,1-4H3,(H2,18,19,20)/t12-,14-,17-/m0/s1. The Labute approximate surface area is 142 Å². The second-order valence-corrected chi connectivity index (χ2v) is 8.47. The summed E-state index contributed by atoms with van der Waals surface area (Å²) < 4.78 is 5.82. The Kier molecular flexibility index (Phi) is 5.70. The van der Waals surface area contributed by atoms with Crippen LogP contribution in [0.4, 0.5) is 4.79 Å². The Hall–Kier alpha value is -1.11. The maximum absolute atomic E-state index is 12.0. The predicted octanol–water partition coefficient (Wildman–Crippen LogP) is 2.71. The molecule has 2 amide bonds. The number of nitrogens with one attached hydrogen (secondary N) is 2. The van der Waals surface area contributed by atoms with E-state index in [0.717, 1.165) is 17.9 Å². The van der Waals surface area contributed by atoms with Crippen LogP contribution < -0.4 is 10.6 Å². The van der Waals surface area contributed by atoms with Crippen molar-refractivity contribution in [3.63, 3.8) is 0 Å². The zero-order valence-electron chi connectivity index (χ0n) is 14.4. The number of rotatable bonds is 5. The van der Waals surface area contributed by atoms with E-state index in [1.165, 1.54) is 11.3 Å². The monoisotopic (exact) mass is 340 g/mol. The zero-order chi connectivity index (χ0) is 17.1. The van der Waals surface area contributed by atoms with Crippen molar-refractivity contribution in [1.29, 1.82) is 0 Å². The van der Waals surface area contributed by atoms with Crippen LogP contribution in [-0.2, 0) is 10.3 Å². The van der Waals surface area contributed by atoms with Gasteiger partial charge >= 0.3 is 6.03 Å². The lowest BCUT2D eigenvalue weighted by Crippen LogP contribution is -2.46. The number of carbonyl (C=O) groups excluding carboxylic acids is 1. The zero-order valence-corrected chi connectivity index (χ0v) is 15.2. The fourth-order valence-electron chi connectivity index (χ4n) is 3.01. The quantitative estimate of drug-likeness (QED) is 0.772. The summed E-state index contributed by atoms with van der Waals surface area (Å²) in [6, 6.07) is 3.51. The topological polar surface area (TPSA) is 70.6 Å². The summed E-state index contributed by atoms with van der Waals surface area (Å²) in [4.78, 5) is 12.8. The van der Waals surface area contributed by atoms with Gasteiger partial charge in [0.15, 0.2) is 0 Å². The molecule has 130 valence electrons. The molecule has 1 aromatic rings. The van der Waals surface area contributed by atoms with Crippen molar-refractivity contribution in [1.82, 2.24) is 10.6 Å². The summed E-state index contributed by atoms with van der Waals surface area (Å²) in [5.74, 6) is 0.332. The van der Waals surface area contributed by atoms with E-state index >= 15 is 0 Å². The number of ether oxygens (including phenoxy) is 1. The van der Waals surface area contributed by atoms with Gasteiger partial charge in [0.25, 0.3) is 0 Å². The number of aliphatic hydroxyl groups is 1. The van der Waals surface area contributed by atoms with Crippen molar-refractivity contribution in [2.75, 3.05) is 19.7 Å². The third kappa shape index (κ3) is 4.93. The smallest absolute Gasteiger partial charge is 0.314 e. The van der Waals surface area contributed by atoms with Crippen molar-refractivity contribution in [2.24, 2.45) is 11.3 Å². The maximum Gasteiger partial charge on any atom is 0.314 e. The summed E-state index contributed by atoms with van der Waals surface area (Å²) >= 11 is 1.48. The number of urea groups is 1. The molecule has 3 atom stereocenters. The Balaban J connectivity index is 1.77. The van der Waals surface area contributed by atoms with E-state index in [1.54, 1.807) is 6.92 Å². The van der Waals surface area contributed by atoms with Crippen molar-refractivity contribution in [2.45, 2.75) is 45.8 Å². The van der Waals surface area contributed by atoms with Crippen LogP contribution in [0, 0.1) is 11.3 Å². The lowest BCUT2D eigenvalue weighted by molar-refractivity contribution is 0.00768. The normalized spacial score (nSPS) is 24.2. The molecule has 0 saturated carbocycles. The third-order valence-corrected chi connectivity index (χ3v) is 5.36. The van der Waals surface area contributed by atoms with E-state index in [2.05, 4.69) is 31.4 Å². The van der Waals surface area contributed by atoms with Gasteiger partial charge in [-0.3, -0.25) is 0 Å². The first-order valence-electron chi connectivity index (χ1n) is 8.10. The number of hydrogen-bond donors (Lipinski definition) is 3. The van der Waals surface area contributed by atoms with Gasteiger partial charge in [0.2, 0.25) is 0 Å². The van der Waals surface area contributed by atoms with Crippen LogP contribution in [0.3, 0.4) is 0 Å². The lowest BCUT2D eigenvalue weighted by Gasteiger charge is -2.31. The van der Waals surface area contributed by atoms with Gasteiger partial charge in [0, 0.05) is 23.9 Å². The molecule has 3 N–H and O–H groups in total.